The van der Waals surface area contributed by atoms with Crippen LogP contribution in [0, 0.1) is 6.92 Å². The number of nitrogens with one attached hydrogen (secondary N) is 1. The lowest BCUT2D eigenvalue weighted by Crippen LogP contribution is -2.43. The van der Waals surface area contributed by atoms with Crippen LogP contribution in [-0.4, -0.2) is 29.0 Å². The molecule has 1 N–H and O–H groups in total. The first-order valence-electron chi connectivity index (χ1n) is 8.69. The van der Waals surface area contributed by atoms with E-state index >= 15 is 0 Å². The molecular weight excluding hydrogens is 314 g/mol. The predicted octanol–water partition coefficient (Wildman–Crippen LogP) is 3.54. The fourth-order valence-corrected chi connectivity index (χ4v) is 4.11. The Morgan fingerprint density at radius 3 is 2.72 bits per heavy atom. The lowest BCUT2D eigenvalue weighted by Gasteiger charge is -2.38. The van der Waals surface area contributed by atoms with Crippen LogP contribution >= 0.6 is 0 Å². The maximum absolute atomic E-state index is 12.2. The number of H-pyrrole nitrogens is 1. The highest BCUT2D eigenvalue weighted by atomic mass is 16.6. The van der Waals surface area contributed by atoms with Gasteiger partial charge in [-0.2, -0.15) is 0 Å². The van der Waals surface area contributed by atoms with Crippen LogP contribution in [-0.2, 0) is 10.3 Å². The molecule has 25 heavy (non-hydrogen) atoms. The molecule has 0 radical (unpaired) electrons. The molecule has 1 fully saturated rings. The Bertz CT molecular complexity index is 984. The Morgan fingerprint density at radius 1 is 1.12 bits per heavy atom. The minimum Gasteiger partial charge on any atom is -0.450 e. The predicted molar refractivity (Wildman–Crippen MR) is 95.8 cm³/mol. The summed E-state index contributed by atoms with van der Waals surface area (Å²) in [6, 6.07) is 13.9. The van der Waals surface area contributed by atoms with E-state index in [1.807, 2.05) is 30.3 Å². The molecule has 5 heteroatoms. The van der Waals surface area contributed by atoms with Crippen molar-refractivity contribution in [2.45, 2.75) is 25.4 Å². The highest BCUT2D eigenvalue weighted by Crippen LogP contribution is 2.44. The number of carbonyl (C=O) groups is 1. The van der Waals surface area contributed by atoms with Gasteiger partial charge >= 0.3 is 5.97 Å². The van der Waals surface area contributed by atoms with Crippen LogP contribution in [0.4, 0.5) is 5.95 Å². The van der Waals surface area contributed by atoms with Crippen molar-refractivity contribution >= 4 is 23.0 Å². The van der Waals surface area contributed by atoms with E-state index in [0.717, 1.165) is 54.0 Å². The first kappa shape index (κ1) is 14.5. The van der Waals surface area contributed by atoms with Gasteiger partial charge < -0.3 is 14.6 Å². The molecule has 0 amide bonds. The number of ether oxygens (including phenoxy) is 1. The van der Waals surface area contributed by atoms with Crippen LogP contribution in [0.2, 0.25) is 0 Å². The number of fused-ring (bicyclic) bond motifs is 3. The number of esters is 1. The number of hydrogen-bond acceptors (Lipinski definition) is 4. The first-order valence-corrected chi connectivity index (χ1v) is 8.69. The van der Waals surface area contributed by atoms with Crippen LogP contribution in [0.3, 0.4) is 0 Å². The third kappa shape index (κ3) is 2.08. The lowest BCUT2D eigenvalue weighted by atomic mass is 9.84. The van der Waals surface area contributed by atoms with E-state index in [2.05, 4.69) is 28.9 Å². The summed E-state index contributed by atoms with van der Waals surface area (Å²) in [6.07, 6.45) is 1.57. The Labute approximate surface area is 145 Å². The number of carbonyl (C=O) groups excluding carboxylic acids is 1. The third-order valence-corrected chi connectivity index (χ3v) is 5.50. The molecule has 1 aromatic heterocycles. The summed E-state index contributed by atoms with van der Waals surface area (Å²) in [4.78, 5) is 22.6. The van der Waals surface area contributed by atoms with E-state index in [1.165, 1.54) is 5.56 Å². The monoisotopic (exact) mass is 333 g/mol. The van der Waals surface area contributed by atoms with Crippen LogP contribution in [0.15, 0.2) is 42.5 Å². The summed E-state index contributed by atoms with van der Waals surface area (Å²) >= 11 is 0. The van der Waals surface area contributed by atoms with E-state index in [4.69, 9.17) is 9.72 Å². The van der Waals surface area contributed by atoms with E-state index in [9.17, 15) is 4.79 Å². The molecule has 0 unspecified atom stereocenters. The van der Waals surface area contributed by atoms with E-state index < -0.39 is 5.60 Å². The van der Waals surface area contributed by atoms with Gasteiger partial charge in [0.2, 0.25) is 5.95 Å². The molecule has 5 rings (SSSR count). The van der Waals surface area contributed by atoms with Gasteiger partial charge in [-0.25, -0.2) is 9.78 Å². The van der Waals surface area contributed by atoms with Gasteiger partial charge in [0.15, 0.2) is 0 Å². The standard InChI is InChI=1S/C20H19N3O2/c1-13-5-4-8-16-17(13)22-19(21-16)23-11-9-20(10-12-23)15-7-3-2-6-14(15)18(24)25-20/h2-8H,9-12H2,1H3,(H,21,22). The molecule has 126 valence electrons. The van der Waals surface area contributed by atoms with Crippen LogP contribution < -0.4 is 4.90 Å². The number of aromatic nitrogens is 2. The summed E-state index contributed by atoms with van der Waals surface area (Å²) in [5.74, 6) is 0.708. The molecule has 2 aromatic carbocycles. The fourth-order valence-electron chi connectivity index (χ4n) is 4.11. The van der Waals surface area contributed by atoms with Crippen molar-refractivity contribution in [2.75, 3.05) is 18.0 Å². The van der Waals surface area contributed by atoms with Gasteiger partial charge in [-0.1, -0.05) is 30.3 Å². The Hall–Kier alpha value is -2.82. The van der Waals surface area contributed by atoms with Gasteiger partial charge in [0.25, 0.3) is 0 Å². The fraction of sp³-hybridized carbons (Fsp3) is 0.300. The minimum atomic E-state index is -0.466. The van der Waals surface area contributed by atoms with Crippen LogP contribution in [0.25, 0.3) is 11.0 Å². The van der Waals surface area contributed by atoms with E-state index in [1.54, 1.807) is 0 Å². The Balaban J connectivity index is 1.43. The summed E-state index contributed by atoms with van der Waals surface area (Å²) in [5, 5.41) is 0. The highest BCUT2D eigenvalue weighted by Gasteiger charge is 2.47. The molecule has 0 saturated carbocycles. The van der Waals surface area contributed by atoms with E-state index in [0.29, 0.717) is 0 Å². The lowest BCUT2D eigenvalue weighted by molar-refractivity contribution is -0.0211. The van der Waals surface area contributed by atoms with Gasteiger partial charge in [0, 0.05) is 31.5 Å². The number of imidazole rings is 1. The van der Waals surface area contributed by atoms with Crippen molar-refractivity contribution in [3.05, 3.63) is 59.2 Å². The number of piperidine rings is 1. The molecule has 3 aromatic rings. The van der Waals surface area contributed by atoms with Crippen LogP contribution in [0.1, 0.15) is 34.3 Å². The Morgan fingerprint density at radius 2 is 1.92 bits per heavy atom. The zero-order valence-corrected chi connectivity index (χ0v) is 14.1. The smallest absolute Gasteiger partial charge is 0.339 e. The van der Waals surface area contributed by atoms with Crippen molar-refractivity contribution in [3.63, 3.8) is 0 Å². The number of aryl methyl sites for hydroxylation is 1. The van der Waals surface area contributed by atoms with Gasteiger partial charge in [-0.15, -0.1) is 0 Å². The molecule has 0 atom stereocenters. The van der Waals surface area contributed by atoms with Crippen LogP contribution in [0.5, 0.6) is 0 Å². The maximum atomic E-state index is 12.2. The second-order valence-electron chi connectivity index (χ2n) is 6.95. The molecule has 2 aliphatic rings. The molecule has 1 spiro atoms. The number of para-hydroxylation sites is 1. The summed E-state index contributed by atoms with van der Waals surface area (Å²) < 4.78 is 5.83. The van der Waals surface area contributed by atoms with Crippen molar-refractivity contribution in [3.8, 4) is 0 Å². The molecule has 0 aliphatic carbocycles. The first-order chi connectivity index (χ1) is 12.2. The minimum absolute atomic E-state index is 0.191. The van der Waals surface area contributed by atoms with Crippen molar-refractivity contribution in [1.82, 2.24) is 9.97 Å². The summed E-state index contributed by atoms with van der Waals surface area (Å²) in [5.41, 5.74) is 4.55. The highest BCUT2D eigenvalue weighted by molar-refractivity contribution is 5.94. The summed E-state index contributed by atoms with van der Waals surface area (Å²) in [6.45, 7) is 3.69. The molecule has 2 aliphatic heterocycles. The van der Waals surface area contributed by atoms with E-state index in [-0.39, 0.29) is 5.97 Å². The number of anilines is 1. The normalized spacial score (nSPS) is 18.6. The average Bonchev–Trinajstić information content (AvgIpc) is 3.18. The SMILES string of the molecule is Cc1cccc2[nH]c(N3CCC4(CC3)OC(=O)c3ccccc34)nc12. The quantitative estimate of drug-likeness (QED) is 0.692. The molecule has 1 saturated heterocycles. The molecular formula is C20H19N3O2. The molecule has 3 heterocycles. The second kappa shape index (κ2) is 5.09. The second-order valence-corrected chi connectivity index (χ2v) is 6.95. The molecule has 0 bridgehead atoms. The third-order valence-electron chi connectivity index (χ3n) is 5.50. The largest absolute Gasteiger partial charge is 0.450 e. The summed E-state index contributed by atoms with van der Waals surface area (Å²) in [7, 11) is 0. The Kier molecular flexibility index (Phi) is 2.95. The van der Waals surface area contributed by atoms with Crippen molar-refractivity contribution in [1.29, 1.82) is 0 Å². The van der Waals surface area contributed by atoms with Gasteiger partial charge in [0.1, 0.15) is 5.60 Å². The van der Waals surface area contributed by atoms with Crippen molar-refractivity contribution in [2.24, 2.45) is 0 Å². The number of hydrogen-bond donors (Lipinski definition) is 1. The van der Waals surface area contributed by atoms with Gasteiger partial charge in [-0.05, 0) is 24.6 Å². The zero-order valence-electron chi connectivity index (χ0n) is 14.1. The number of benzene rings is 2. The van der Waals surface area contributed by atoms with Gasteiger partial charge in [-0.3, -0.25) is 0 Å². The maximum Gasteiger partial charge on any atom is 0.339 e. The number of rotatable bonds is 1. The van der Waals surface area contributed by atoms with Crippen molar-refractivity contribution < 1.29 is 9.53 Å². The number of aromatic amines is 1. The van der Waals surface area contributed by atoms with Gasteiger partial charge in [0.05, 0.1) is 16.6 Å². The molecule has 5 nitrogen and oxygen atoms in total. The zero-order chi connectivity index (χ0) is 17.0. The topological polar surface area (TPSA) is 58.2 Å². The average molecular weight is 333 g/mol. The number of nitrogens with zero attached hydrogens (tertiary/aromatic N) is 2.